The van der Waals surface area contributed by atoms with Gasteiger partial charge in [0.15, 0.2) is 0 Å². The van der Waals surface area contributed by atoms with E-state index >= 15 is 0 Å². The van der Waals surface area contributed by atoms with Gasteiger partial charge in [0.2, 0.25) is 0 Å². The fourth-order valence-corrected chi connectivity index (χ4v) is 0.919. The molecule has 2 N–H and O–H groups in total. The summed E-state index contributed by atoms with van der Waals surface area (Å²) >= 11 is 0. The Morgan fingerprint density at radius 2 is 1.54 bits per heavy atom. The van der Waals surface area contributed by atoms with Crippen LogP contribution in [0.5, 0.6) is 0 Å². The number of hydrogen-bond acceptors (Lipinski definition) is 2. The molecule has 1 rings (SSSR count). The van der Waals surface area contributed by atoms with Gasteiger partial charge in [-0.3, -0.25) is 0 Å². The average Bonchev–Trinajstić information content (AvgIpc) is 2.22. The SMILES string of the molecule is CC.CC(C)(NO)c1ccccc1. The topological polar surface area (TPSA) is 32.3 Å². The van der Waals surface area contributed by atoms with E-state index in [0.29, 0.717) is 0 Å². The summed E-state index contributed by atoms with van der Waals surface area (Å²) in [6.45, 7) is 7.84. The van der Waals surface area contributed by atoms with Crippen LogP contribution in [0, 0.1) is 0 Å². The Morgan fingerprint density at radius 1 is 1.08 bits per heavy atom. The quantitative estimate of drug-likeness (QED) is 0.687. The van der Waals surface area contributed by atoms with Crippen molar-refractivity contribution in [1.29, 1.82) is 0 Å². The van der Waals surface area contributed by atoms with Gasteiger partial charge in [-0.15, -0.1) is 0 Å². The van der Waals surface area contributed by atoms with E-state index in [1.807, 2.05) is 58.0 Å². The molecule has 2 nitrogen and oxygen atoms in total. The molecule has 1 aromatic carbocycles. The average molecular weight is 181 g/mol. The van der Waals surface area contributed by atoms with Gasteiger partial charge >= 0.3 is 0 Å². The van der Waals surface area contributed by atoms with Crippen LogP contribution in [0.4, 0.5) is 0 Å². The van der Waals surface area contributed by atoms with Gasteiger partial charge < -0.3 is 5.21 Å². The zero-order valence-corrected chi connectivity index (χ0v) is 8.83. The summed E-state index contributed by atoms with van der Waals surface area (Å²) in [7, 11) is 0. The molecule has 0 saturated carbocycles. The molecule has 0 aliphatic rings. The van der Waals surface area contributed by atoms with Crippen LogP contribution in [-0.2, 0) is 5.54 Å². The van der Waals surface area contributed by atoms with Crippen molar-refractivity contribution in [1.82, 2.24) is 5.48 Å². The first-order valence-electron chi connectivity index (χ1n) is 4.63. The molecule has 0 saturated heterocycles. The van der Waals surface area contributed by atoms with Crippen LogP contribution in [0.1, 0.15) is 33.3 Å². The Kier molecular flexibility index (Phi) is 5.35. The third-order valence-electron chi connectivity index (χ3n) is 1.77. The summed E-state index contributed by atoms with van der Waals surface area (Å²) in [5.74, 6) is 0. The summed E-state index contributed by atoms with van der Waals surface area (Å²) in [6.07, 6.45) is 0. The van der Waals surface area contributed by atoms with Crippen molar-refractivity contribution in [2.75, 3.05) is 0 Å². The highest BCUT2D eigenvalue weighted by atomic mass is 16.5. The minimum atomic E-state index is -0.360. The fraction of sp³-hybridized carbons (Fsp3) is 0.455. The van der Waals surface area contributed by atoms with Crippen molar-refractivity contribution < 1.29 is 5.21 Å². The minimum Gasteiger partial charge on any atom is -0.316 e. The maximum Gasteiger partial charge on any atom is 0.0622 e. The van der Waals surface area contributed by atoms with E-state index < -0.39 is 0 Å². The normalized spacial score (nSPS) is 10.2. The molecule has 0 aliphatic carbocycles. The molecule has 0 fully saturated rings. The predicted molar refractivity (Wildman–Crippen MR) is 55.7 cm³/mol. The van der Waals surface area contributed by atoms with Crippen LogP contribution in [0.3, 0.4) is 0 Å². The number of nitrogens with one attached hydrogen (secondary N) is 1. The Balaban J connectivity index is 0.000000671. The van der Waals surface area contributed by atoms with Gasteiger partial charge in [-0.2, -0.15) is 5.48 Å². The zero-order chi connectivity index (χ0) is 10.3. The molecule has 0 radical (unpaired) electrons. The van der Waals surface area contributed by atoms with Gasteiger partial charge in [-0.1, -0.05) is 44.2 Å². The molecule has 0 heterocycles. The van der Waals surface area contributed by atoms with Gasteiger partial charge in [-0.25, -0.2) is 0 Å². The molecular formula is C11H19NO. The first-order valence-corrected chi connectivity index (χ1v) is 4.63. The molecule has 13 heavy (non-hydrogen) atoms. The number of benzene rings is 1. The summed E-state index contributed by atoms with van der Waals surface area (Å²) < 4.78 is 0. The van der Waals surface area contributed by atoms with Crippen LogP contribution in [0.15, 0.2) is 30.3 Å². The van der Waals surface area contributed by atoms with Crippen LogP contribution < -0.4 is 5.48 Å². The number of rotatable bonds is 2. The molecule has 0 amide bonds. The maximum absolute atomic E-state index is 8.80. The van der Waals surface area contributed by atoms with Crippen LogP contribution in [-0.4, -0.2) is 5.21 Å². The van der Waals surface area contributed by atoms with E-state index in [4.69, 9.17) is 5.21 Å². The largest absolute Gasteiger partial charge is 0.316 e. The van der Waals surface area contributed by atoms with Crippen molar-refractivity contribution in [3.8, 4) is 0 Å². The highest BCUT2D eigenvalue weighted by molar-refractivity contribution is 5.21. The zero-order valence-electron chi connectivity index (χ0n) is 8.83. The molecule has 0 aromatic heterocycles. The van der Waals surface area contributed by atoms with E-state index in [9.17, 15) is 0 Å². The fourth-order valence-electron chi connectivity index (χ4n) is 0.919. The first-order chi connectivity index (χ1) is 6.17. The van der Waals surface area contributed by atoms with Gasteiger partial charge in [0.1, 0.15) is 0 Å². The number of hydrogen-bond donors (Lipinski definition) is 2. The van der Waals surface area contributed by atoms with Gasteiger partial charge in [0.05, 0.1) is 5.54 Å². The molecule has 0 bridgehead atoms. The highest BCUT2D eigenvalue weighted by Gasteiger charge is 2.17. The van der Waals surface area contributed by atoms with Crippen LogP contribution >= 0.6 is 0 Å². The Labute approximate surface area is 80.6 Å². The van der Waals surface area contributed by atoms with Gasteiger partial charge in [0, 0.05) is 0 Å². The van der Waals surface area contributed by atoms with Crippen molar-refractivity contribution in [2.24, 2.45) is 0 Å². The monoisotopic (exact) mass is 181 g/mol. The third kappa shape index (κ3) is 3.57. The standard InChI is InChI=1S/C9H13NO.C2H6/c1-9(2,10-11)8-6-4-3-5-7-8;1-2/h3-7,10-11H,1-2H3;1-2H3. The second-order valence-electron chi connectivity index (χ2n) is 3.10. The van der Waals surface area contributed by atoms with E-state index in [-0.39, 0.29) is 5.54 Å². The van der Waals surface area contributed by atoms with Crippen molar-refractivity contribution >= 4 is 0 Å². The molecule has 74 valence electrons. The molecule has 0 aliphatic heterocycles. The Bertz CT molecular complexity index is 219. The second kappa shape index (κ2) is 5.73. The molecule has 0 spiro atoms. The molecule has 0 atom stereocenters. The van der Waals surface area contributed by atoms with Crippen molar-refractivity contribution in [3.63, 3.8) is 0 Å². The molecule has 1 aromatic rings. The molecular weight excluding hydrogens is 162 g/mol. The molecule has 2 heteroatoms. The lowest BCUT2D eigenvalue weighted by Gasteiger charge is -2.22. The predicted octanol–water partition coefficient (Wildman–Crippen LogP) is 2.93. The summed E-state index contributed by atoms with van der Waals surface area (Å²) in [5.41, 5.74) is 2.97. The van der Waals surface area contributed by atoms with Crippen molar-refractivity contribution in [2.45, 2.75) is 33.2 Å². The lowest BCUT2D eigenvalue weighted by molar-refractivity contribution is 0.0806. The summed E-state index contributed by atoms with van der Waals surface area (Å²) in [4.78, 5) is 0. The minimum absolute atomic E-state index is 0.360. The first kappa shape index (κ1) is 12.1. The van der Waals surface area contributed by atoms with E-state index in [1.165, 1.54) is 0 Å². The highest BCUT2D eigenvalue weighted by Crippen LogP contribution is 2.17. The van der Waals surface area contributed by atoms with E-state index in [0.717, 1.165) is 5.56 Å². The van der Waals surface area contributed by atoms with Gasteiger partial charge in [-0.05, 0) is 19.4 Å². The number of hydroxylamine groups is 1. The van der Waals surface area contributed by atoms with E-state index in [2.05, 4.69) is 5.48 Å². The van der Waals surface area contributed by atoms with Crippen LogP contribution in [0.25, 0.3) is 0 Å². The Morgan fingerprint density at radius 3 is 1.92 bits per heavy atom. The lowest BCUT2D eigenvalue weighted by atomic mass is 9.96. The summed E-state index contributed by atoms with van der Waals surface area (Å²) in [6, 6.07) is 9.81. The van der Waals surface area contributed by atoms with Crippen LogP contribution in [0.2, 0.25) is 0 Å². The third-order valence-corrected chi connectivity index (χ3v) is 1.77. The smallest absolute Gasteiger partial charge is 0.0622 e. The lowest BCUT2D eigenvalue weighted by Crippen LogP contribution is -2.33. The van der Waals surface area contributed by atoms with Crippen molar-refractivity contribution in [3.05, 3.63) is 35.9 Å². The van der Waals surface area contributed by atoms with Gasteiger partial charge in [0.25, 0.3) is 0 Å². The second-order valence-corrected chi connectivity index (χ2v) is 3.10. The van der Waals surface area contributed by atoms with E-state index in [1.54, 1.807) is 0 Å². The molecule has 0 unspecified atom stereocenters. The summed E-state index contributed by atoms with van der Waals surface area (Å²) in [5, 5.41) is 8.80. The maximum atomic E-state index is 8.80. The Hall–Kier alpha value is -0.860.